The van der Waals surface area contributed by atoms with Gasteiger partial charge in [-0.1, -0.05) is 0 Å². The molecule has 5 heteroatoms. The summed E-state index contributed by atoms with van der Waals surface area (Å²) in [5.41, 5.74) is -0.356. The molecular weight excluding hydrogens is 217 g/mol. The summed E-state index contributed by atoms with van der Waals surface area (Å²) in [7, 11) is 1.31. The van der Waals surface area contributed by atoms with Gasteiger partial charge < -0.3 is 4.74 Å². The number of halogens is 4. The number of ether oxygens (including phenoxy) is 1. The Balaban J connectivity index is 3.17. The molecule has 0 saturated heterocycles. The second-order valence-corrected chi connectivity index (χ2v) is 2.97. The van der Waals surface area contributed by atoms with Gasteiger partial charge in [0.2, 0.25) is 0 Å². The Morgan fingerprint density at radius 2 is 1.93 bits per heavy atom. The molecule has 0 heterocycles. The Hall–Kier alpha value is -0.900. The molecule has 0 aliphatic heterocycles. The third-order valence-corrected chi connectivity index (χ3v) is 1.99. The number of hydrogen-bond donors (Lipinski definition) is 0. The van der Waals surface area contributed by atoms with E-state index in [0.717, 1.165) is 12.1 Å². The minimum absolute atomic E-state index is 0.0281. The molecule has 0 atom stereocenters. The lowest BCUT2D eigenvalue weighted by Gasteiger charge is -2.10. The molecule has 0 spiro atoms. The Bertz CT molecular complexity index is 300. The number of rotatable bonds is 2. The molecule has 1 aromatic carbocycles. The maximum Gasteiger partial charge on any atom is 0.416 e. The molecule has 14 heavy (non-hydrogen) atoms. The average Bonchev–Trinajstić information content (AvgIpc) is 2.15. The first-order valence-electron chi connectivity index (χ1n) is 3.78. The van der Waals surface area contributed by atoms with Crippen molar-refractivity contribution in [3.05, 3.63) is 29.3 Å². The van der Waals surface area contributed by atoms with Crippen molar-refractivity contribution in [3.8, 4) is 5.75 Å². The number of hydrogen-bond acceptors (Lipinski definition) is 1. The third kappa shape index (κ3) is 2.54. The predicted octanol–water partition coefficient (Wildman–Crippen LogP) is 3.45. The second-order valence-electron chi connectivity index (χ2n) is 2.70. The van der Waals surface area contributed by atoms with Crippen molar-refractivity contribution < 1.29 is 17.9 Å². The highest BCUT2D eigenvalue weighted by molar-refractivity contribution is 6.17. The van der Waals surface area contributed by atoms with Crippen molar-refractivity contribution in [2.75, 3.05) is 7.11 Å². The van der Waals surface area contributed by atoms with Crippen LogP contribution in [-0.4, -0.2) is 7.11 Å². The van der Waals surface area contributed by atoms with Crippen LogP contribution in [0.2, 0.25) is 0 Å². The van der Waals surface area contributed by atoms with Gasteiger partial charge in [0.1, 0.15) is 5.75 Å². The van der Waals surface area contributed by atoms with Gasteiger partial charge in [-0.3, -0.25) is 0 Å². The van der Waals surface area contributed by atoms with Gasteiger partial charge in [0.25, 0.3) is 0 Å². The van der Waals surface area contributed by atoms with Crippen molar-refractivity contribution in [2.45, 2.75) is 12.1 Å². The fraction of sp³-hybridized carbons (Fsp3) is 0.333. The summed E-state index contributed by atoms with van der Waals surface area (Å²) in [4.78, 5) is 0. The molecule has 0 aliphatic rings. The molecule has 0 aromatic heterocycles. The van der Waals surface area contributed by atoms with E-state index in [1.165, 1.54) is 13.2 Å². The monoisotopic (exact) mass is 224 g/mol. The van der Waals surface area contributed by atoms with Crippen LogP contribution in [0.3, 0.4) is 0 Å². The van der Waals surface area contributed by atoms with Gasteiger partial charge in [-0.15, -0.1) is 11.6 Å². The largest absolute Gasteiger partial charge is 0.497 e. The molecule has 0 aliphatic carbocycles. The number of alkyl halides is 4. The van der Waals surface area contributed by atoms with Crippen LogP contribution in [0.15, 0.2) is 18.2 Å². The highest BCUT2D eigenvalue weighted by Gasteiger charge is 2.31. The smallest absolute Gasteiger partial charge is 0.416 e. The van der Waals surface area contributed by atoms with Crippen molar-refractivity contribution >= 4 is 11.6 Å². The quantitative estimate of drug-likeness (QED) is 0.699. The van der Waals surface area contributed by atoms with Crippen LogP contribution < -0.4 is 4.74 Å². The lowest BCUT2D eigenvalue weighted by molar-refractivity contribution is -0.137. The van der Waals surface area contributed by atoms with Gasteiger partial charge in [0.15, 0.2) is 0 Å². The summed E-state index contributed by atoms with van der Waals surface area (Å²) in [5, 5.41) is 0. The highest BCUT2D eigenvalue weighted by Crippen LogP contribution is 2.32. The van der Waals surface area contributed by atoms with Crippen molar-refractivity contribution in [3.63, 3.8) is 0 Å². The minimum atomic E-state index is -4.37. The molecule has 1 rings (SSSR count). The first-order chi connectivity index (χ1) is 6.47. The summed E-state index contributed by atoms with van der Waals surface area (Å²) in [6, 6.07) is 3.42. The van der Waals surface area contributed by atoms with E-state index in [1.54, 1.807) is 0 Å². The molecule has 0 amide bonds. The predicted molar refractivity (Wildman–Crippen MR) is 47.6 cm³/mol. The molecule has 0 saturated carbocycles. The summed E-state index contributed by atoms with van der Waals surface area (Å²) >= 11 is 5.46. The Kier molecular flexibility index (Phi) is 3.26. The maximum absolute atomic E-state index is 12.3. The van der Waals surface area contributed by atoms with Gasteiger partial charge in [-0.05, 0) is 23.8 Å². The van der Waals surface area contributed by atoms with Gasteiger partial charge in [-0.25, -0.2) is 0 Å². The molecule has 78 valence electrons. The lowest BCUT2D eigenvalue weighted by Crippen LogP contribution is -2.05. The van der Waals surface area contributed by atoms with E-state index in [1.807, 2.05) is 0 Å². The second kappa shape index (κ2) is 4.09. The number of benzene rings is 1. The van der Waals surface area contributed by atoms with Crippen molar-refractivity contribution in [2.24, 2.45) is 0 Å². The highest BCUT2D eigenvalue weighted by atomic mass is 35.5. The topological polar surface area (TPSA) is 9.23 Å². The van der Waals surface area contributed by atoms with Gasteiger partial charge >= 0.3 is 6.18 Å². The van der Waals surface area contributed by atoms with Gasteiger partial charge in [0, 0.05) is 5.88 Å². The van der Waals surface area contributed by atoms with E-state index in [-0.39, 0.29) is 11.6 Å². The zero-order valence-electron chi connectivity index (χ0n) is 7.36. The molecule has 0 radical (unpaired) electrons. The Morgan fingerprint density at radius 3 is 2.36 bits per heavy atom. The standard InChI is InChI=1S/C9H8ClF3O/c1-14-8-3-6(5-10)2-7(4-8)9(11,12)13/h2-4H,5H2,1H3. The van der Waals surface area contributed by atoms with Crippen LogP contribution in [0.5, 0.6) is 5.75 Å². The zero-order valence-corrected chi connectivity index (χ0v) is 8.12. The zero-order chi connectivity index (χ0) is 10.8. The van der Waals surface area contributed by atoms with E-state index in [4.69, 9.17) is 16.3 Å². The van der Waals surface area contributed by atoms with Crippen LogP contribution in [0, 0.1) is 0 Å². The van der Waals surface area contributed by atoms with Gasteiger partial charge in [0.05, 0.1) is 12.7 Å². The molecule has 1 nitrogen and oxygen atoms in total. The maximum atomic E-state index is 12.3. The molecule has 1 aromatic rings. The fourth-order valence-electron chi connectivity index (χ4n) is 1.02. The van der Waals surface area contributed by atoms with Crippen LogP contribution >= 0.6 is 11.6 Å². The third-order valence-electron chi connectivity index (χ3n) is 1.68. The summed E-state index contributed by atoms with van der Waals surface area (Å²) in [6.07, 6.45) is -4.37. The molecule has 0 N–H and O–H groups in total. The van der Waals surface area contributed by atoms with Crippen molar-refractivity contribution in [1.29, 1.82) is 0 Å². The Morgan fingerprint density at radius 1 is 1.29 bits per heavy atom. The van der Waals surface area contributed by atoms with Crippen molar-refractivity contribution in [1.82, 2.24) is 0 Å². The molecule has 0 bridgehead atoms. The lowest BCUT2D eigenvalue weighted by atomic mass is 10.1. The minimum Gasteiger partial charge on any atom is -0.497 e. The average molecular weight is 225 g/mol. The van der Waals surface area contributed by atoms with E-state index in [0.29, 0.717) is 5.56 Å². The first-order valence-corrected chi connectivity index (χ1v) is 4.32. The summed E-state index contributed by atoms with van der Waals surface area (Å²) in [5.74, 6) is 0.191. The van der Waals surface area contributed by atoms with E-state index < -0.39 is 11.7 Å². The van der Waals surface area contributed by atoms with E-state index in [9.17, 15) is 13.2 Å². The van der Waals surface area contributed by atoms with Crippen LogP contribution in [0.1, 0.15) is 11.1 Å². The fourth-order valence-corrected chi connectivity index (χ4v) is 1.17. The van der Waals surface area contributed by atoms with Crippen LogP contribution in [-0.2, 0) is 12.1 Å². The van der Waals surface area contributed by atoms with Gasteiger partial charge in [-0.2, -0.15) is 13.2 Å². The molecule has 0 unspecified atom stereocenters. The summed E-state index contributed by atoms with van der Waals surface area (Å²) < 4.78 is 41.7. The molecular formula is C9H8ClF3O. The van der Waals surface area contributed by atoms with E-state index >= 15 is 0 Å². The number of methoxy groups -OCH3 is 1. The normalized spacial score (nSPS) is 11.5. The summed E-state index contributed by atoms with van der Waals surface area (Å²) in [6.45, 7) is 0. The van der Waals surface area contributed by atoms with Crippen LogP contribution in [0.25, 0.3) is 0 Å². The van der Waals surface area contributed by atoms with Crippen LogP contribution in [0.4, 0.5) is 13.2 Å². The Labute approximate surface area is 84.4 Å². The SMILES string of the molecule is COc1cc(CCl)cc(C(F)(F)F)c1. The molecule has 0 fully saturated rings. The van der Waals surface area contributed by atoms with E-state index in [2.05, 4.69) is 0 Å². The first kappa shape index (κ1) is 11.2.